The fourth-order valence-corrected chi connectivity index (χ4v) is 3.15. The van der Waals surface area contributed by atoms with Gasteiger partial charge in [-0.25, -0.2) is 8.78 Å². The Morgan fingerprint density at radius 1 is 0.885 bits per heavy atom. The van der Waals surface area contributed by atoms with Crippen LogP contribution < -0.4 is 0 Å². The van der Waals surface area contributed by atoms with Gasteiger partial charge in [-0.3, -0.25) is 4.79 Å². The molecular weight excluding hydrogens is 342 g/mol. The van der Waals surface area contributed by atoms with Gasteiger partial charge in [-0.15, -0.1) is 0 Å². The average Bonchev–Trinajstić information content (AvgIpc) is 3.12. The third-order valence-electron chi connectivity index (χ3n) is 4.68. The van der Waals surface area contributed by atoms with Gasteiger partial charge in [0.05, 0.1) is 26.4 Å². The molecule has 1 aliphatic rings. The normalized spacial score (nSPS) is 19.8. The van der Waals surface area contributed by atoms with Gasteiger partial charge in [-0.05, 0) is 11.1 Å². The number of aliphatic carboxylic acids is 1. The molecule has 0 aromatic heterocycles. The number of rotatable bonds is 9. The van der Waals surface area contributed by atoms with Gasteiger partial charge in [0.2, 0.25) is 0 Å². The van der Waals surface area contributed by atoms with E-state index in [1.165, 1.54) is 0 Å². The first-order valence-corrected chi connectivity index (χ1v) is 8.31. The van der Waals surface area contributed by atoms with E-state index in [0.29, 0.717) is 0 Å². The van der Waals surface area contributed by atoms with Crippen molar-refractivity contribution in [1.82, 2.24) is 0 Å². The number of carbonyl (C=O) groups is 1. The second-order valence-corrected chi connectivity index (χ2v) is 6.51. The Labute approximate surface area is 150 Å². The Hall–Kier alpha value is -2.31. The third-order valence-corrected chi connectivity index (χ3v) is 4.68. The minimum Gasteiger partial charge on any atom is -0.481 e. The molecule has 1 atom stereocenters. The Kier molecular flexibility index (Phi) is 5.34. The van der Waals surface area contributed by atoms with Crippen molar-refractivity contribution in [2.45, 2.75) is 19.1 Å². The summed E-state index contributed by atoms with van der Waals surface area (Å²) in [6, 6.07) is 18.3. The van der Waals surface area contributed by atoms with Crippen LogP contribution in [0, 0.1) is 11.3 Å². The topological polar surface area (TPSA) is 55.8 Å². The largest absolute Gasteiger partial charge is 0.481 e. The van der Waals surface area contributed by atoms with E-state index in [4.69, 9.17) is 14.6 Å². The van der Waals surface area contributed by atoms with Crippen LogP contribution in [0.4, 0.5) is 8.78 Å². The summed E-state index contributed by atoms with van der Waals surface area (Å²) in [6.45, 7) is -0.464. The number of alkyl halides is 2. The van der Waals surface area contributed by atoms with E-state index < -0.39 is 23.2 Å². The highest BCUT2D eigenvalue weighted by Crippen LogP contribution is 2.66. The van der Waals surface area contributed by atoms with Gasteiger partial charge in [-0.1, -0.05) is 60.7 Å². The van der Waals surface area contributed by atoms with Gasteiger partial charge in [0.25, 0.3) is 5.92 Å². The molecule has 2 aromatic carbocycles. The van der Waals surface area contributed by atoms with Gasteiger partial charge in [0.1, 0.15) is 11.3 Å². The molecule has 0 aliphatic heterocycles. The SMILES string of the molecule is O=C(O)C1C(F)(F)C1(COCc1ccccc1)COCc1ccccc1. The van der Waals surface area contributed by atoms with Crippen LogP contribution in [-0.4, -0.2) is 30.2 Å². The summed E-state index contributed by atoms with van der Waals surface area (Å²) in [5, 5.41) is 9.17. The predicted octanol–water partition coefficient (Wildman–Crippen LogP) is 3.76. The maximum absolute atomic E-state index is 14.3. The lowest BCUT2D eigenvalue weighted by atomic mass is 10.1. The number of carboxylic acid groups (broad SMARTS) is 1. The predicted molar refractivity (Wildman–Crippen MR) is 90.7 cm³/mol. The second kappa shape index (κ2) is 7.51. The van der Waals surface area contributed by atoms with Crippen molar-refractivity contribution >= 4 is 5.97 Å². The summed E-state index contributed by atoms with van der Waals surface area (Å²) in [5.74, 6) is -6.67. The maximum atomic E-state index is 14.3. The number of hydrogen-bond acceptors (Lipinski definition) is 3. The highest BCUT2D eigenvalue weighted by molar-refractivity contribution is 5.77. The fraction of sp³-hybridized carbons (Fsp3) is 0.350. The Morgan fingerprint density at radius 3 is 1.65 bits per heavy atom. The number of halogens is 2. The summed E-state index contributed by atoms with van der Waals surface area (Å²) < 4.78 is 39.4. The Bertz CT molecular complexity index is 688. The summed E-state index contributed by atoms with van der Waals surface area (Å²) in [6.07, 6.45) is 0. The van der Waals surface area contributed by atoms with Gasteiger partial charge in [-0.2, -0.15) is 0 Å². The summed E-state index contributed by atoms with van der Waals surface area (Å²) in [7, 11) is 0. The first-order valence-electron chi connectivity index (χ1n) is 8.31. The summed E-state index contributed by atoms with van der Waals surface area (Å²) >= 11 is 0. The van der Waals surface area contributed by atoms with Crippen molar-refractivity contribution < 1.29 is 28.2 Å². The highest BCUT2D eigenvalue weighted by atomic mass is 19.3. The minimum atomic E-state index is -3.35. The molecule has 1 aliphatic carbocycles. The molecule has 0 radical (unpaired) electrons. The van der Waals surface area contributed by atoms with Crippen LogP contribution in [0.3, 0.4) is 0 Å². The van der Waals surface area contributed by atoms with E-state index in [1.54, 1.807) is 0 Å². The first-order chi connectivity index (χ1) is 12.5. The first kappa shape index (κ1) is 18.5. The van der Waals surface area contributed by atoms with Crippen LogP contribution in [0.15, 0.2) is 60.7 Å². The van der Waals surface area contributed by atoms with E-state index in [1.807, 2.05) is 60.7 Å². The van der Waals surface area contributed by atoms with Crippen molar-refractivity contribution in [3.8, 4) is 0 Å². The highest BCUT2D eigenvalue weighted by Gasteiger charge is 2.84. The molecule has 6 heteroatoms. The third kappa shape index (κ3) is 3.61. The zero-order valence-corrected chi connectivity index (χ0v) is 14.1. The quantitative estimate of drug-likeness (QED) is 0.738. The number of benzene rings is 2. The molecule has 1 saturated carbocycles. The van der Waals surface area contributed by atoms with Crippen LogP contribution in [-0.2, 0) is 27.5 Å². The molecule has 0 spiro atoms. The average molecular weight is 362 g/mol. The Balaban J connectivity index is 1.62. The lowest BCUT2D eigenvalue weighted by Gasteiger charge is -2.17. The smallest absolute Gasteiger partial charge is 0.313 e. The van der Waals surface area contributed by atoms with Crippen LogP contribution >= 0.6 is 0 Å². The minimum absolute atomic E-state index is 0.143. The van der Waals surface area contributed by atoms with Crippen molar-refractivity contribution in [2.75, 3.05) is 13.2 Å². The molecule has 0 saturated heterocycles. The number of ether oxygens (including phenoxy) is 2. The summed E-state index contributed by atoms with van der Waals surface area (Å²) in [5.41, 5.74) is -0.157. The molecular formula is C20H20F2O4. The molecule has 0 bridgehead atoms. The maximum Gasteiger partial charge on any atom is 0.313 e. The molecule has 0 heterocycles. The standard InChI is InChI=1S/C20H20F2O4/c21-20(22)17(18(23)24)19(20,13-25-11-15-7-3-1-4-8-15)14-26-12-16-9-5-2-6-10-16/h1-10,17H,11-14H2,(H,23,24). The van der Waals surface area contributed by atoms with Crippen LogP contribution in [0.25, 0.3) is 0 Å². The second-order valence-electron chi connectivity index (χ2n) is 6.51. The molecule has 3 rings (SSSR count). The van der Waals surface area contributed by atoms with Crippen molar-refractivity contribution in [3.05, 3.63) is 71.8 Å². The van der Waals surface area contributed by atoms with E-state index >= 15 is 0 Å². The van der Waals surface area contributed by atoms with E-state index in [9.17, 15) is 13.6 Å². The lowest BCUT2D eigenvalue weighted by Crippen LogP contribution is -2.26. The van der Waals surface area contributed by atoms with E-state index in [0.717, 1.165) is 11.1 Å². The molecule has 1 unspecified atom stereocenters. The van der Waals surface area contributed by atoms with Gasteiger partial charge in [0, 0.05) is 0 Å². The molecule has 138 valence electrons. The van der Waals surface area contributed by atoms with E-state index in [-0.39, 0.29) is 26.4 Å². The van der Waals surface area contributed by atoms with Gasteiger partial charge < -0.3 is 14.6 Å². The zero-order chi connectivity index (χ0) is 18.6. The fourth-order valence-electron chi connectivity index (χ4n) is 3.15. The van der Waals surface area contributed by atoms with E-state index in [2.05, 4.69) is 0 Å². The van der Waals surface area contributed by atoms with Gasteiger partial charge in [0.15, 0.2) is 0 Å². The molecule has 4 nitrogen and oxygen atoms in total. The molecule has 1 fully saturated rings. The molecule has 1 N–H and O–H groups in total. The van der Waals surface area contributed by atoms with Crippen LogP contribution in [0.5, 0.6) is 0 Å². The Morgan fingerprint density at radius 2 is 1.31 bits per heavy atom. The zero-order valence-electron chi connectivity index (χ0n) is 14.1. The lowest BCUT2D eigenvalue weighted by molar-refractivity contribution is -0.141. The van der Waals surface area contributed by atoms with Crippen LogP contribution in [0.2, 0.25) is 0 Å². The number of hydrogen-bond donors (Lipinski definition) is 1. The van der Waals surface area contributed by atoms with Crippen molar-refractivity contribution in [2.24, 2.45) is 11.3 Å². The molecule has 0 amide bonds. The molecule has 2 aromatic rings. The monoisotopic (exact) mass is 362 g/mol. The molecule has 26 heavy (non-hydrogen) atoms. The number of carboxylic acids is 1. The summed E-state index contributed by atoms with van der Waals surface area (Å²) in [4.78, 5) is 11.3. The van der Waals surface area contributed by atoms with Crippen LogP contribution in [0.1, 0.15) is 11.1 Å². The van der Waals surface area contributed by atoms with Crippen molar-refractivity contribution in [1.29, 1.82) is 0 Å². The van der Waals surface area contributed by atoms with Gasteiger partial charge >= 0.3 is 5.97 Å². The van der Waals surface area contributed by atoms with Crippen molar-refractivity contribution in [3.63, 3.8) is 0 Å².